The zero-order valence-corrected chi connectivity index (χ0v) is 11.9. The second kappa shape index (κ2) is 5.01. The SMILES string of the molecule is C[C@@H](Nc1ncc(Br)cn1)c1cc2ccccc2o1. The minimum atomic E-state index is 0.00794. The second-order valence-corrected chi connectivity index (χ2v) is 5.19. The monoisotopic (exact) mass is 317 g/mol. The molecule has 3 aromatic rings. The Kier molecular flexibility index (Phi) is 3.21. The molecule has 0 amide bonds. The van der Waals surface area contributed by atoms with E-state index in [0.29, 0.717) is 5.95 Å². The summed E-state index contributed by atoms with van der Waals surface area (Å²) in [5.41, 5.74) is 0.892. The number of fused-ring (bicyclic) bond motifs is 1. The van der Waals surface area contributed by atoms with E-state index < -0.39 is 0 Å². The molecule has 1 atom stereocenters. The van der Waals surface area contributed by atoms with Crippen LogP contribution >= 0.6 is 15.9 Å². The molecular formula is C14H12BrN3O. The number of nitrogens with zero attached hydrogens (tertiary/aromatic N) is 2. The molecule has 3 rings (SSSR count). The van der Waals surface area contributed by atoms with Crippen LogP contribution in [0.15, 0.2) is 51.6 Å². The van der Waals surface area contributed by atoms with Gasteiger partial charge >= 0.3 is 0 Å². The Balaban J connectivity index is 1.83. The Labute approximate surface area is 119 Å². The highest BCUT2D eigenvalue weighted by Crippen LogP contribution is 2.25. The summed E-state index contributed by atoms with van der Waals surface area (Å²) in [5, 5.41) is 4.31. The number of rotatable bonds is 3. The van der Waals surface area contributed by atoms with E-state index in [1.54, 1.807) is 12.4 Å². The topological polar surface area (TPSA) is 51.0 Å². The Morgan fingerprint density at radius 3 is 2.68 bits per heavy atom. The first-order valence-corrected chi connectivity index (χ1v) is 6.74. The molecule has 96 valence electrons. The first-order valence-electron chi connectivity index (χ1n) is 5.95. The maximum atomic E-state index is 5.80. The number of hydrogen-bond donors (Lipinski definition) is 1. The maximum absolute atomic E-state index is 5.80. The lowest BCUT2D eigenvalue weighted by molar-refractivity contribution is 0.525. The molecule has 0 saturated carbocycles. The highest BCUT2D eigenvalue weighted by molar-refractivity contribution is 9.10. The van der Waals surface area contributed by atoms with Crippen LogP contribution in [0.25, 0.3) is 11.0 Å². The van der Waals surface area contributed by atoms with Crippen molar-refractivity contribution in [1.29, 1.82) is 0 Å². The molecule has 4 nitrogen and oxygen atoms in total. The summed E-state index contributed by atoms with van der Waals surface area (Å²) < 4.78 is 6.65. The van der Waals surface area contributed by atoms with Crippen LogP contribution in [0, 0.1) is 0 Å². The van der Waals surface area contributed by atoms with Crippen molar-refractivity contribution in [2.24, 2.45) is 0 Å². The van der Waals surface area contributed by atoms with Gasteiger partial charge in [-0.2, -0.15) is 0 Å². The number of halogens is 1. The molecule has 0 radical (unpaired) electrons. The molecular weight excluding hydrogens is 306 g/mol. The fourth-order valence-corrected chi connectivity index (χ4v) is 2.07. The van der Waals surface area contributed by atoms with Crippen molar-refractivity contribution in [3.8, 4) is 0 Å². The van der Waals surface area contributed by atoms with Crippen molar-refractivity contribution in [3.63, 3.8) is 0 Å². The number of furan rings is 1. The van der Waals surface area contributed by atoms with E-state index in [9.17, 15) is 0 Å². The lowest BCUT2D eigenvalue weighted by Crippen LogP contribution is -2.08. The fourth-order valence-electron chi connectivity index (χ4n) is 1.87. The van der Waals surface area contributed by atoms with Gasteiger partial charge in [-0.05, 0) is 35.0 Å². The van der Waals surface area contributed by atoms with E-state index >= 15 is 0 Å². The molecule has 19 heavy (non-hydrogen) atoms. The Morgan fingerprint density at radius 1 is 1.21 bits per heavy atom. The largest absolute Gasteiger partial charge is 0.459 e. The first kappa shape index (κ1) is 12.2. The van der Waals surface area contributed by atoms with Gasteiger partial charge in [0.05, 0.1) is 10.5 Å². The number of anilines is 1. The van der Waals surface area contributed by atoms with Crippen LogP contribution in [0.5, 0.6) is 0 Å². The molecule has 0 bridgehead atoms. The summed E-state index contributed by atoms with van der Waals surface area (Å²) in [6, 6.07) is 10.00. The zero-order chi connectivity index (χ0) is 13.2. The molecule has 0 aliphatic heterocycles. The summed E-state index contributed by atoms with van der Waals surface area (Å²) in [6.45, 7) is 2.02. The minimum absolute atomic E-state index is 0.00794. The fraction of sp³-hybridized carbons (Fsp3) is 0.143. The van der Waals surface area contributed by atoms with E-state index in [4.69, 9.17) is 4.42 Å². The van der Waals surface area contributed by atoms with Crippen molar-refractivity contribution in [1.82, 2.24) is 9.97 Å². The molecule has 1 aromatic carbocycles. The third-order valence-corrected chi connectivity index (χ3v) is 3.25. The van der Waals surface area contributed by atoms with Crippen LogP contribution in [0.4, 0.5) is 5.95 Å². The second-order valence-electron chi connectivity index (χ2n) is 4.28. The predicted molar refractivity (Wildman–Crippen MR) is 78.0 cm³/mol. The molecule has 2 aromatic heterocycles. The zero-order valence-electron chi connectivity index (χ0n) is 10.3. The third kappa shape index (κ3) is 2.61. The van der Waals surface area contributed by atoms with Crippen LogP contribution < -0.4 is 5.32 Å². The number of nitrogens with one attached hydrogen (secondary N) is 1. The van der Waals surface area contributed by atoms with Gasteiger partial charge < -0.3 is 9.73 Å². The van der Waals surface area contributed by atoms with Gasteiger partial charge in [0.1, 0.15) is 11.3 Å². The molecule has 0 aliphatic rings. The Bertz CT molecular complexity index is 660. The molecule has 0 spiro atoms. The molecule has 0 unspecified atom stereocenters. The molecule has 5 heteroatoms. The summed E-state index contributed by atoms with van der Waals surface area (Å²) in [6.07, 6.45) is 3.42. The third-order valence-electron chi connectivity index (χ3n) is 2.84. The van der Waals surface area contributed by atoms with Crippen LogP contribution in [-0.2, 0) is 0 Å². The van der Waals surface area contributed by atoms with Gasteiger partial charge in [0, 0.05) is 17.8 Å². The minimum Gasteiger partial charge on any atom is -0.459 e. The summed E-state index contributed by atoms with van der Waals surface area (Å²) in [4.78, 5) is 8.37. The van der Waals surface area contributed by atoms with E-state index in [1.807, 2.05) is 37.3 Å². The van der Waals surface area contributed by atoms with Gasteiger partial charge in [-0.15, -0.1) is 0 Å². The number of para-hydroxylation sites is 1. The summed E-state index contributed by atoms with van der Waals surface area (Å²) >= 11 is 3.31. The van der Waals surface area contributed by atoms with E-state index in [1.165, 1.54) is 0 Å². The number of hydrogen-bond acceptors (Lipinski definition) is 4. The quantitative estimate of drug-likeness (QED) is 0.788. The first-order chi connectivity index (χ1) is 9.22. The molecule has 1 N–H and O–H groups in total. The van der Waals surface area contributed by atoms with Gasteiger partial charge in [-0.25, -0.2) is 9.97 Å². The van der Waals surface area contributed by atoms with Gasteiger partial charge in [0.15, 0.2) is 0 Å². The average molecular weight is 318 g/mol. The Morgan fingerprint density at radius 2 is 1.95 bits per heavy atom. The Hall–Kier alpha value is -1.88. The van der Waals surface area contributed by atoms with Crippen LogP contribution in [0.1, 0.15) is 18.7 Å². The van der Waals surface area contributed by atoms with Crippen molar-refractivity contribution in [2.45, 2.75) is 13.0 Å². The van der Waals surface area contributed by atoms with E-state index in [-0.39, 0.29) is 6.04 Å². The molecule has 0 fully saturated rings. The smallest absolute Gasteiger partial charge is 0.223 e. The molecule has 0 saturated heterocycles. The average Bonchev–Trinajstić information content (AvgIpc) is 2.85. The van der Waals surface area contributed by atoms with Gasteiger partial charge in [-0.3, -0.25) is 0 Å². The van der Waals surface area contributed by atoms with Crippen LogP contribution in [0.3, 0.4) is 0 Å². The van der Waals surface area contributed by atoms with Gasteiger partial charge in [-0.1, -0.05) is 18.2 Å². The molecule has 0 aliphatic carbocycles. The van der Waals surface area contributed by atoms with Gasteiger partial charge in [0.25, 0.3) is 0 Å². The molecule has 2 heterocycles. The van der Waals surface area contributed by atoms with Gasteiger partial charge in [0.2, 0.25) is 5.95 Å². The summed E-state index contributed by atoms with van der Waals surface area (Å²) in [7, 11) is 0. The van der Waals surface area contributed by atoms with Crippen LogP contribution in [0.2, 0.25) is 0 Å². The van der Waals surface area contributed by atoms with Crippen molar-refractivity contribution in [2.75, 3.05) is 5.32 Å². The van der Waals surface area contributed by atoms with Crippen molar-refractivity contribution in [3.05, 3.63) is 53.0 Å². The van der Waals surface area contributed by atoms with E-state index in [0.717, 1.165) is 21.2 Å². The highest BCUT2D eigenvalue weighted by atomic mass is 79.9. The van der Waals surface area contributed by atoms with Crippen LogP contribution in [-0.4, -0.2) is 9.97 Å². The standard InChI is InChI=1S/C14H12BrN3O/c1-9(18-14-16-7-11(15)8-17-14)13-6-10-4-2-3-5-12(10)19-13/h2-9H,1H3,(H,16,17,18)/t9-/m1/s1. The maximum Gasteiger partial charge on any atom is 0.223 e. The summed E-state index contributed by atoms with van der Waals surface area (Å²) in [5.74, 6) is 1.45. The van der Waals surface area contributed by atoms with Crippen molar-refractivity contribution < 1.29 is 4.42 Å². The predicted octanol–water partition coefficient (Wildman–Crippen LogP) is 4.16. The number of aromatic nitrogens is 2. The lowest BCUT2D eigenvalue weighted by Gasteiger charge is -2.10. The lowest BCUT2D eigenvalue weighted by atomic mass is 10.2. The number of benzene rings is 1. The highest BCUT2D eigenvalue weighted by Gasteiger charge is 2.12. The van der Waals surface area contributed by atoms with E-state index in [2.05, 4.69) is 31.2 Å². The normalized spacial score (nSPS) is 12.5. The van der Waals surface area contributed by atoms with Crippen molar-refractivity contribution >= 4 is 32.8 Å².